The van der Waals surface area contributed by atoms with E-state index in [-0.39, 0.29) is 5.91 Å². The number of hydrogen-bond donors (Lipinski definition) is 1. The van der Waals surface area contributed by atoms with Crippen LogP contribution >= 0.6 is 15.9 Å². The number of benzene rings is 1. The summed E-state index contributed by atoms with van der Waals surface area (Å²) >= 11 is 3.37. The molecule has 0 aliphatic rings. The molecule has 1 N–H and O–H groups in total. The predicted molar refractivity (Wildman–Crippen MR) is 74.7 cm³/mol. The minimum Gasteiger partial charge on any atom is -0.319 e. The number of hydrogen-bond acceptors (Lipinski definition) is 2. The first kappa shape index (κ1) is 12.8. The zero-order chi connectivity index (χ0) is 13.1. The van der Waals surface area contributed by atoms with Crippen LogP contribution in [0.15, 0.2) is 34.9 Å². The third-order valence-electron chi connectivity index (χ3n) is 2.61. The molecule has 0 saturated carbocycles. The maximum atomic E-state index is 12.1. The summed E-state index contributed by atoms with van der Waals surface area (Å²) in [7, 11) is 1.84. The Morgan fingerprint density at radius 2 is 2.17 bits per heavy atom. The Hall–Kier alpha value is -1.62. The van der Waals surface area contributed by atoms with Gasteiger partial charge in [-0.3, -0.25) is 9.48 Å². The van der Waals surface area contributed by atoms with E-state index in [0.29, 0.717) is 5.56 Å². The average molecular weight is 308 g/mol. The molecule has 94 valence electrons. The van der Waals surface area contributed by atoms with Gasteiger partial charge >= 0.3 is 0 Å². The van der Waals surface area contributed by atoms with Gasteiger partial charge in [0.2, 0.25) is 0 Å². The third-order valence-corrected chi connectivity index (χ3v) is 3.30. The van der Waals surface area contributed by atoms with Crippen LogP contribution in [0.4, 0.5) is 5.69 Å². The van der Waals surface area contributed by atoms with E-state index in [1.807, 2.05) is 38.4 Å². The lowest BCUT2D eigenvalue weighted by Gasteiger charge is -2.05. The third kappa shape index (κ3) is 2.61. The van der Waals surface area contributed by atoms with Gasteiger partial charge < -0.3 is 5.32 Å². The monoisotopic (exact) mass is 307 g/mol. The van der Waals surface area contributed by atoms with Crippen LogP contribution < -0.4 is 5.32 Å². The summed E-state index contributed by atoms with van der Waals surface area (Å²) < 4.78 is 2.48. The molecule has 0 radical (unpaired) electrons. The number of amides is 1. The fourth-order valence-electron chi connectivity index (χ4n) is 1.74. The van der Waals surface area contributed by atoms with Gasteiger partial charge in [-0.2, -0.15) is 5.10 Å². The molecule has 1 heterocycles. The van der Waals surface area contributed by atoms with Crippen molar-refractivity contribution < 1.29 is 4.79 Å². The number of nitrogens with zero attached hydrogens (tertiary/aromatic N) is 2. The molecular formula is C13H14BrN3O. The Bertz CT molecular complexity index is 577. The summed E-state index contributed by atoms with van der Waals surface area (Å²) in [6.07, 6.45) is 2.60. The molecule has 5 heteroatoms. The van der Waals surface area contributed by atoms with Crippen LogP contribution in [0, 0.1) is 0 Å². The van der Waals surface area contributed by atoms with E-state index in [1.165, 1.54) is 0 Å². The number of aromatic nitrogens is 2. The van der Waals surface area contributed by atoms with Gasteiger partial charge in [-0.15, -0.1) is 0 Å². The van der Waals surface area contributed by atoms with E-state index < -0.39 is 0 Å². The molecule has 2 rings (SSSR count). The highest BCUT2D eigenvalue weighted by Crippen LogP contribution is 2.19. The van der Waals surface area contributed by atoms with Crippen LogP contribution in [0.3, 0.4) is 0 Å². The van der Waals surface area contributed by atoms with Crippen molar-refractivity contribution >= 4 is 27.5 Å². The maximum absolute atomic E-state index is 12.1. The summed E-state index contributed by atoms with van der Waals surface area (Å²) in [5.41, 5.74) is 2.27. The Kier molecular flexibility index (Phi) is 3.81. The standard InChI is InChI=1S/C13H14BrN3O/c1-3-11-12(8-17(2)16-11)15-13(18)9-6-4-5-7-10(9)14/h4-8H,3H2,1-2H3,(H,15,18). The Morgan fingerprint density at radius 1 is 1.44 bits per heavy atom. The summed E-state index contributed by atoms with van der Waals surface area (Å²) in [4.78, 5) is 12.1. The van der Waals surface area contributed by atoms with Crippen molar-refractivity contribution in [1.82, 2.24) is 9.78 Å². The van der Waals surface area contributed by atoms with Gasteiger partial charge in [0.05, 0.1) is 16.9 Å². The molecule has 0 spiro atoms. The van der Waals surface area contributed by atoms with Gasteiger partial charge in [0, 0.05) is 17.7 Å². The Morgan fingerprint density at radius 3 is 2.83 bits per heavy atom. The molecule has 18 heavy (non-hydrogen) atoms. The van der Waals surface area contributed by atoms with E-state index in [2.05, 4.69) is 26.3 Å². The molecule has 0 unspecified atom stereocenters. The van der Waals surface area contributed by atoms with E-state index >= 15 is 0 Å². The highest BCUT2D eigenvalue weighted by atomic mass is 79.9. The second kappa shape index (κ2) is 5.35. The number of nitrogens with one attached hydrogen (secondary N) is 1. The van der Waals surface area contributed by atoms with Crippen LogP contribution in [-0.4, -0.2) is 15.7 Å². The lowest BCUT2D eigenvalue weighted by atomic mass is 10.2. The molecule has 4 nitrogen and oxygen atoms in total. The smallest absolute Gasteiger partial charge is 0.256 e. The van der Waals surface area contributed by atoms with E-state index in [1.54, 1.807) is 10.7 Å². The Labute approximate surface area is 114 Å². The lowest BCUT2D eigenvalue weighted by Crippen LogP contribution is -2.13. The molecule has 0 aliphatic heterocycles. The van der Waals surface area contributed by atoms with Crippen LogP contribution in [-0.2, 0) is 13.5 Å². The first-order valence-corrected chi connectivity index (χ1v) is 6.49. The maximum Gasteiger partial charge on any atom is 0.256 e. The molecule has 0 saturated heterocycles. The predicted octanol–water partition coefficient (Wildman–Crippen LogP) is 3.00. The van der Waals surface area contributed by atoms with Gasteiger partial charge in [-0.25, -0.2) is 0 Å². The topological polar surface area (TPSA) is 46.9 Å². The van der Waals surface area contributed by atoms with Crippen molar-refractivity contribution in [1.29, 1.82) is 0 Å². The van der Waals surface area contributed by atoms with Crippen LogP contribution in [0.25, 0.3) is 0 Å². The normalized spacial score (nSPS) is 10.4. The molecule has 0 atom stereocenters. The Balaban J connectivity index is 2.24. The first-order chi connectivity index (χ1) is 8.61. The van der Waals surface area contributed by atoms with E-state index in [4.69, 9.17) is 0 Å². The van der Waals surface area contributed by atoms with Crippen LogP contribution in [0.1, 0.15) is 23.0 Å². The summed E-state index contributed by atoms with van der Waals surface area (Å²) in [5.74, 6) is -0.134. The van der Waals surface area contributed by atoms with Gasteiger partial charge in [0.25, 0.3) is 5.91 Å². The zero-order valence-electron chi connectivity index (χ0n) is 10.3. The van der Waals surface area contributed by atoms with Crippen LogP contribution in [0.5, 0.6) is 0 Å². The minimum atomic E-state index is -0.134. The van der Waals surface area contributed by atoms with Crippen molar-refractivity contribution in [3.63, 3.8) is 0 Å². The summed E-state index contributed by atoms with van der Waals surface area (Å²) in [5, 5.41) is 7.18. The number of carbonyl (C=O) groups is 1. The van der Waals surface area contributed by atoms with Gasteiger partial charge in [-0.1, -0.05) is 19.1 Å². The highest BCUT2D eigenvalue weighted by molar-refractivity contribution is 9.10. The fourth-order valence-corrected chi connectivity index (χ4v) is 2.20. The van der Waals surface area contributed by atoms with E-state index in [0.717, 1.165) is 22.3 Å². The average Bonchev–Trinajstić information content (AvgIpc) is 2.70. The molecule has 1 amide bonds. The summed E-state index contributed by atoms with van der Waals surface area (Å²) in [6.45, 7) is 2.01. The molecule has 1 aromatic carbocycles. The molecule has 0 bridgehead atoms. The van der Waals surface area contributed by atoms with Crippen molar-refractivity contribution in [3.05, 3.63) is 46.2 Å². The van der Waals surface area contributed by atoms with Crippen molar-refractivity contribution in [2.45, 2.75) is 13.3 Å². The fraction of sp³-hybridized carbons (Fsp3) is 0.231. The summed E-state index contributed by atoms with van der Waals surface area (Å²) in [6, 6.07) is 7.34. The van der Waals surface area contributed by atoms with Gasteiger partial charge in [0.1, 0.15) is 0 Å². The van der Waals surface area contributed by atoms with Crippen molar-refractivity contribution in [2.75, 3.05) is 5.32 Å². The zero-order valence-corrected chi connectivity index (χ0v) is 11.9. The second-order valence-corrected chi connectivity index (χ2v) is 4.80. The molecule has 0 aliphatic carbocycles. The molecule has 0 fully saturated rings. The van der Waals surface area contributed by atoms with Crippen molar-refractivity contribution in [2.24, 2.45) is 7.05 Å². The van der Waals surface area contributed by atoms with Crippen molar-refractivity contribution in [3.8, 4) is 0 Å². The number of aryl methyl sites for hydroxylation is 2. The van der Waals surface area contributed by atoms with Gasteiger partial charge in [-0.05, 0) is 34.5 Å². The minimum absolute atomic E-state index is 0.134. The highest BCUT2D eigenvalue weighted by Gasteiger charge is 2.13. The largest absolute Gasteiger partial charge is 0.319 e. The SMILES string of the molecule is CCc1nn(C)cc1NC(=O)c1ccccc1Br. The van der Waals surface area contributed by atoms with E-state index in [9.17, 15) is 4.79 Å². The lowest BCUT2D eigenvalue weighted by molar-refractivity contribution is 0.102. The van der Waals surface area contributed by atoms with Gasteiger partial charge in [0.15, 0.2) is 0 Å². The number of halogens is 1. The number of carbonyl (C=O) groups excluding carboxylic acids is 1. The van der Waals surface area contributed by atoms with Crippen LogP contribution in [0.2, 0.25) is 0 Å². The molecule has 2 aromatic rings. The molecule has 1 aromatic heterocycles. The number of anilines is 1. The number of rotatable bonds is 3. The molecular weight excluding hydrogens is 294 g/mol. The first-order valence-electron chi connectivity index (χ1n) is 5.70. The second-order valence-electron chi connectivity index (χ2n) is 3.95. The quantitative estimate of drug-likeness (QED) is 0.947.